The van der Waals surface area contributed by atoms with Crippen LogP contribution in [0.15, 0.2) is 34.9 Å². The lowest BCUT2D eigenvalue weighted by Gasteiger charge is -2.23. The van der Waals surface area contributed by atoms with Gasteiger partial charge in [0, 0.05) is 43.1 Å². The van der Waals surface area contributed by atoms with Gasteiger partial charge >= 0.3 is 0 Å². The molecule has 5 nitrogen and oxygen atoms in total. The Kier molecular flexibility index (Phi) is 10.0. The van der Waals surface area contributed by atoms with Crippen LogP contribution in [0.1, 0.15) is 19.2 Å². The van der Waals surface area contributed by atoms with Crippen molar-refractivity contribution in [2.24, 2.45) is 5.73 Å². The molecule has 0 bridgehead atoms. The lowest BCUT2D eigenvalue weighted by Crippen LogP contribution is -2.39. The van der Waals surface area contributed by atoms with Crippen LogP contribution in [0.5, 0.6) is 0 Å². The van der Waals surface area contributed by atoms with E-state index in [-0.39, 0.29) is 36.8 Å². The van der Waals surface area contributed by atoms with Crippen molar-refractivity contribution < 1.29 is 9.21 Å². The number of benzene rings is 1. The highest BCUT2D eigenvalue weighted by Crippen LogP contribution is 2.22. The van der Waals surface area contributed by atoms with Crippen LogP contribution in [0.25, 0.3) is 11.3 Å². The Hall–Kier alpha value is -1.27. The van der Waals surface area contributed by atoms with Gasteiger partial charge in [-0.25, -0.2) is 4.98 Å². The van der Waals surface area contributed by atoms with Gasteiger partial charge in [0.05, 0.1) is 6.20 Å². The number of aryl methyl sites for hydroxylation is 1. The molecule has 0 aliphatic carbocycles. The Bertz CT molecular complexity index is 632. The quantitative estimate of drug-likeness (QED) is 0.813. The molecule has 1 heterocycles. The van der Waals surface area contributed by atoms with E-state index in [9.17, 15) is 4.79 Å². The molecule has 1 unspecified atom stereocenters. The molecule has 2 aromatic rings. The fourth-order valence-electron chi connectivity index (χ4n) is 1.97. The first kappa shape index (κ1) is 22.7. The minimum absolute atomic E-state index is 0. The molecule has 1 amide bonds. The number of rotatable bonds is 6. The molecule has 24 heavy (non-hydrogen) atoms. The van der Waals surface area contributed by atoms with Crippen LogP contribution in [0.4, 0.5) is 0 Å². The molecule has 1 aromatic heterocycles. The number of carbonyl (C=O) groups excluding carboxylic acids is 1. The van der Waals surface area contributed by atoms with Crippen molar-refractivity contribution in [2.45, 2.75) is 25.8 Å². The molecule has 134 valence electrons. The summed E-state index contributed by atoms with van der Waals surface area (Å²) in [5.41, 5.74) is 6.47. The summed E-state index contributed by atoms with van der Waals surface area (Å²) in [4.78, 5) is 17.9. The maximum atomic E-state index is 12.0. The van der Waals surface area contributed by atoms with Gasteiger partial charge in [-0.05, 0) is 31.2 Å². The average molecular weight is 395 g/mol. The number of aromatic nitrogens is 1. The Balaban J connectivity index is 0.00000264. The summed E-state index contributed by atoms with van der Waals surface area (Å²) < 4.78 is 5.68. The van der Waals surface area contributed by atoms with E-state index in [1.807, 2.05) is 19.1 Å². The van der Waals surface area contributed by atoms with Crippen LogP contribution in [-0.4, -0.2) is 35.4 Å². The number of nitrogens with two attached hydrogens (primary N) is 1. The third kappa shape index (κ3) is 5.98. The van der Waals surface area contributed by atoms with E-state index in [0.717, 1.165) is 5.56 Å². The summed E-state index contributed by atoms with van der Waals surface area (Å²) in [6, 6.07) is 7.36. The zero-order valence-electron chi connectivity index (χ0n) is 13.6. The Morgan fingerprint density at radius 1 is 1.33 bits per heavy atom. The van der Waals surface area contributed by atoms with Crippen molar-refractivity contribution in [1.29, 1.82) is 0 Å². The van der Waals surface area contributed by atoms with Gasteiger partial charge in [-0.1, -0.05) is 11.6 Å². The SMILES string of the molecule is CC(CN)N(C)C(=O)CCc1ncc(-c2ccc(Cl)cc2)o1.Cl.Cl. The standard InChI is InChI=1S/C16H20ClN3O2.2ClH/c1-11(9-18)20(2)16(21)8-7-15-19-10-14(22-15)12-3-5-13(17)6-4-12;;/h3-6,10-11H,7-9,18H2,1-2H3;2*1H. The highest BCUT2D eigenvalue weighted by Gasteiger charge is 2.15. The second-order valence-electron chi connectivity index (χ2n) is 5.21. The van der Waals surface area contributed by atoms with E-state index >= 15 is 0 Å². The van der Waals surface area contributed by atoms with Gasteiger partial charge in [0.25, 0.3) is 0 Å². The van der Waals surface area contributed by atoms with Crippen LogP contribution < -0.4 is 5.73 Å². The van der Waals surface area contributed by atoms with Crippen molar-refractivity contribution in [1.82, 2.24) is 9.88 Å². The predicted octanol–water partition coefficient (Wildman–Crippen LogP) is 3.58. The molecule has 0 saturated heterocycles. The summed E-state index contributed by atoms with van der Waals surface area (Å²) in [5.74, 6) is 1.25. The van der Waals surface area contributed by atoms with Crippen LogP contribution in [0.3, 0.4) is 0 Å². The second kappa shape index (κ2) is 10.6. The zero-order chi connectivity index (χ0) is 16.1. The minimum Gasteiger partial charge on any atom is -0.441 e. The van der Waals surface area contributed by atoms with Crippen molar-refractivity contribution in [2.75, 3.05) is 13.6 Å². The first-order chi connectivity index (χ1) is 10.5. The summed E-state index contributed by atoms with van der Waals surface area (Å²) in [6.45, 7) is 2.36. The number of carbonyl (C=O) groups is 1. The number of hydrogen-bond donors (Lipinski definition) is 1. The average Bonchev–Trinajstić information content (AvgIpc) is 3.00. The summed E-state index contributed by atoms with van der Waals surface area (Å²) in [6.07, 6.45) is 2.48. The summed E-state index contributed by atoms with van der Waals surface area (Å²) in [5, 5.41) is 0.672. The van der Waals surface area contributed by atoms with Gasteiger partial charge < -0.3 is 15.1 Å². The van der Waals surface area contributed by atoms with E-state index in [4.69, 9.17) is 21.8 Å². The molecule has 2 N–H and O–H groups in total. The lowest BCUT2D eigenvalue weighted by atomic mass is 10.2. The van der Waals surface area contributed by atoms with Crippen LogP contribution in [0, 0.1) is 0 Å². The number of hydrogen-bond acceptors (Lipinski definition) is 4. The smallest absolute Gasteiger partial charge is 0.223 e. The third-order valence-electron chi connectivity index (χ3n) is 3.63. The zero-order valence-corrected chi connectivity index (χ0v) is 16.0. The molecule has 1 aromatic carbocycles. The van der Waals surface area contributed by atoms with Crippen LogP contribution in [-0.2, 0) is 11.2 Å². The molecule has 0 spiro atoms. The fourth-order valence-corrected chi connectivity index (χ4v) is 2.09. The van der Waals surface area contributed by atoms with E-state index in [1.54, 1.807) is 30.3 Å². The molecular weight excluding hydrogens is 373 g/mol. The number of oxazole rings is 1. The number of nitrogens with zero attached hydrogens (tertiary/aromatic N) is 2. The molecule has 0 radical (unpaired) electrons. The molecule has 1 atom stereocenters. The number of likely N-dealkylation sites (N-methyl/N-ethyl adjacent to an activating group) is 1. The Morgan fingerprint density at radius 3 is 2.54 bits per heavy atom. The maximum absolute atomic E-state index is 12.0. The van der Waals surface area contributed by atoms with E-state index in [0.29, 0.717) is 36.1 Å². The van der Waals surface area contributed by atoms with Crippen LogP contribution >= 0.6 is 36.4 Å². The lowest BCUT2D eigenvalue weighted by molar-refractivity contribution is -0.131. The van der Waals surface area contributed by atoms with Gasteiger partial charge in [-0.15, -0.1) is 24.8 Å². The topological polar surface area (TPSA) is 72.4 Å². The molecule has 0 fully saturated rings. The molecule has 2 rings (SSSR count). The first-order valence-electron chi connectivity index (χ1n) is 7.17. The summed E-state index contributed by atoms with van der Waals surface area (Å²) in [7, 11) is 1.76. The van der Waals surface area contributed by atoms with Crippen molar-refractivity contribution in [3.8, 4) is 11.3 Å². The van der Waals surface area contributed by atoms with Gasteiger partial charge in [0.1, 0.15) is 0 Å². The molecule has 0 aliphatic rings. The molecule has 8 heteroatoms. The first-order valence-corrected chi connectivity index (χ1v) is 7.55. The van der Waals surface area contributed by atoms with Crippen molar-refractivity contribution in [3.63, 3.8) is 0 Å². The predicted molar refractivity (Wildman–Crippen MR) is 101 cm³/mol. The highest BCUT2D eigenvalue weighted by atomic mass is 35.5. The van der Waals surface area contributed by atoms with Crippen molar-refractivity contribution in [3.05, 3.63) is 41.4 Å². The van der Waals surface area contributed by atoms with E-state index in [1.165, 1.54) is 0 Å². The van der Waals surface area contributed by atoms with Crippen molar-refractivity contribution >= 4 is 42.3 Å². The Labute approximate surface area is 159 Å². The maximum Gasteiger partial charge on any atom is 0.223 e. The molecule has 0 saturated carbocycles. The monoisotopic (exact) mass is 393 g/mol. The minimum atomic E-state index is 0. The largest absolute Gasteiger partial charge is 0.441 e. The summed E-state index contributed by atoms with van der Waals surface area (Å²) >= 11 is 5.86. The van der Waals surface area contributed by atoms with Gasteiger partial charge in [-0.3, -0.25) is 4.79 Å². The number of amides is 1. The highest BCUT2D eigenvalue weighted by molar-refractivity contribution is 6.30. The van der Waals surface area contributed by atoms with Gasteiger partial charge in [0.2, 0.25) is 5.91 Å². The van der Waals surface area contributed by atoms with Gasteiger partial charge in [0.15, 0.2) is 11.7 Å². The third-order valence-corrected chi connectivity index (χ3v) is 3.88. The van der Waals surface area contributed by atoms with E-state index < -0.39 is 0 Å². The van der Waals surface area contributed by atoms with E-state index in [2.05, 4.69) is 4.98 Å². The second-order valence-corrected chi connectivity index (χ2v) is 5.65. The Morgan fingerprint density at radius 2 is 1.96 bits per heavy atom. The molecular formula is C16H22Cl3N3O2. The van der Waals surface area contributed by atoms with Crippen LogP contribution in [0.2, 0.25) is 5.02 Å². The van der Waals surface area contributed by atoms with Gasteiger partial charge in [-0.2, -0.15) is 0 Å². The molecule has 0 aliphatic heterocycles. The number of halogens is 3. The fraction of sp³-hybridized carbons (Fsp3) is 0.375. The normalized spacial score (nSPS) is 11.2.